The van der Waals surface area contributed by atoms with Crippen molar-refractivity contribution in [1.29, 1.82) is 0 Å². The summed E-state index contributed by atoms with van der Waals surface area (Å²) in [6.07, 6.45) is 0. The molecule has 10 heteroatoms. The average Bonchev–Trinajstić information content (AvgIpc) is 3.23. The first-order valence-corrected chi connectivity index (χ1v) is 10.0. The molecule has 0 spiro atoms. The first kappa shape index (κ1) is 17.3. The minimum Gasteiger partial charge on any atom is -0.341 e. The lowest BCUT2D eigenvalue weighted by Gasteiger charge is -2.44. The number of benzene rings is 1. The number of carbonyl (C=O) groups is 2. The van der Waals surface area contributed by atoms with E-state index in [1.54, 1.807) is 16.7 Å². The zero-order chi connectivity index (χ0) is 18.3. The van der Waals surface area contributed by atoms with Crippen molar-refractivity contribution in [3.8, 4) is 0 Å². The van der Waals surface area contributed by atoms with Gasteiger partial charge in [-0.25, -0.2) is 5.10 Å². The summed E-state index contributed by atoms with van der Waals surface area (Å²) < 4.78 is -0.250. The molecule has 1 aromatic carbocycles. The van der Waals surface area contributed by atoms with Crippen LogP contribution in [-0.4, -0.2) is 59.3 Å². The third kappa shape index (κ3) is 2.96. The molecular weight excluding hydrogens is 372 g/mol. The molecule has 26 heavy (non-hydrogen) atoms. The lowest BCUT2D eigenvalue weighted by atomic mass is 9.95. The topological polar surface area (TPSA) is 104 Å². The summed E-state index contributed by atoms with van der Waals surface area (Å²) >= 11 is 3.11. The maximum Gasteiger partial charge on any atom is 0.249 e. The van der Waals surface area contributed by atoms with Crippen LogP contribution in [-0.2, 0) is 9.59 Å². The molecular formula is C16H18N6O2S2. The third-order valence-corrected chi connectivity index (χ3v) is 7.07. The molecule has 8 nitrogen and oxygen atoms in total. The van der Waals surface area contributed by atoms with E-state index in [1.807, 2.05) is 30.3 Å². The van der Waals surface area contributed by atoms with Gasteiger partial charge in [-0.2, -0.15) is 0 Å². The molecule has 0 aliphatic carbocycles. The summed E-state index contributed by atoms with van der Waals surface area (Å²) in [6, 6.07) is 8.99. The summed E-state index contributed by atoms with van der Waals surface area (Å²) in [6.45, 7) is 4.11. The number of thioether (sulfide) groups is 2. The molecule has 3 unspecified atom stereocenters. The number of carbonyl (C=O) groups excluding carboxylic acids is 2. The van der Waals surface area contributed by atoms with Gasteiger partial charge in [0.1, 0.15) is 17.5 Å². The molecule has 3 atom stereocenters. The molecule has 2 saturated heterocycles. The van der Waals surface area contributed by atoms with Crippen LogP contribution in [0.2, 0.25) is 0 Å². The van der Waals surface area contributed by atoms with Crippen molar-refractivity contribution in [2.24, 2.45) is 0 Å². The van der Waals surface area contributed by atoms with Gasteiger partial charge < -0.3 is 10.2 Å². The molecule has 0 bridgehead atoms. The normalized spacial score (nSPS) is 26.3. The SMILES string of the molecule is CC1(C)SC2C(NC(=O)CSc3ccccc3)C(=O)N2C1c1nnn[nH]1. The average molecular weight is 390 g/mol. The largest absolute Gasteiger partial charge is 0.341 e. The van der Waals surface area contributed by atoms with Crippen LogP contribution >= 0.6 is 23.5 Å². The van der Waals surface area contributed by atoms with Crippen LogP contribution in [0.25, 0.3) is 0 Å². The molecule has 0 saturated carbocycles. The van der Waals surface area contributed by atoms with Gasteiger partial charge in [0.05, 0.1) is 5.75 Å². The van der Waals surface area contributed by atoms with Gasteiger partial charge in [0.15, 0.2) is 5.82 Å². The molecule has 2 aliphatic heterocycles. The first-order chi connectivity index (χ1) is 12.5. The van der Waals surface area contributed by atoms with E-state index in [0.717, 1.165) is 4.90 Å². The minimum absolute atomic E-state index is 0.0902. The second-order valence-electron chi connectivity index (χ2n) is 6.69. The molecule has 2 amide bonds. The maximum absolute atomic E-state index is 12.7. The fraction of sp³-hybridized carbons (Fsp3) is 0.438. The monoisotopic (exact) mass is 390 g/mol. The van der Waals surface area contributed by atoms with E-state index in [0.29, 0.717) is 5.82 Å². The number of aromatic amines is 1. The Bertz CT molecular complexity index is 813. The van der Waals surface area contributed by atoms with E-state index < -0.39 is 6.04 Å². The van der Waals surface area contributed by atoms with Crippen molar-refractivity contribution in [2.75, 3.05) is 5.75 Å². The Kier molecular flexibility index (Phi) is 4.39. The van der Waals surface area contributed by atoms with Crippen LogP contribution in [0.4, 0.5) is 0 Å². The second-order valence-corrected chi connectivity index (χ2v) is 9.51. The maximum atomic E-state index is 12.7. The van der Waals surface area contributed by atoms with Crippen molar-refractivity contribution in [3.05, 3.63) is 36.2 Å². The highest BCUT2D eigenvalue weighted by Crippen LogP contribution is 2.56. The van der Waals surface area contributed by atoms with E-state index in [4.69, 9.17) is 0 Å². The predicted octanol–water partition coefficient (Wildman–Crippen LogP) is 1.21. The molecule has 2 fully saturated rings. The highest BCUT2D eigenvalue weighted by Gasteiger charge is 2.63. The van der Waals surface area contributed by atoms with Crippen molar-refractivity contribution >= 4 is 35.3 Å². The van der Waals surface area contributed by atoms with Crippen molar-refractivity contribution in [3.63, 3.8) is 0 Å². The number of nitrogens with one attached hydrogen (secondary N) is 2. The smallest absolute Gasteiger partial charge is 0.249 e. The molecule has 2 N–H and O–H groups in total. The van der Waals surface area contributed by atoms with Gasteiger partial charge in [-0.3, -0.25) is 9.59 Å². The lowest BCUT2D eigenvalue weighted by Crippen LogP contribution is -2.68. The first-order valence-electron chi connectivity index (χ1n) is 8.18. The van der Waals surface area contributed by atoms with Crippen molar-refractivity contribution < 1.29 is 9.59 Å². The number of β-lactam (4-membered cyclic amide) rings is 1. The summed E-state index contributed by atoms with van der Waals surface area (Å²) in [7, 11) is 0. The van der Waals surface area contributed by atoms with E-state index in [-0.39, 0.29) is 33.7 Å². The Morgan fingerprint density at radius 2 is 2.15 bits per heavy atom. The van der Waals surface area contributed by atoms with Gasteiger partial charge in [-0.15, -0.1) is 28.6 Å². The molecule has 0 radical (unpaired) electrons. The van der Waals surface area contributed by atoms with Crippen LogP contribution in [0.3, 0.4) is 0 Å². The Hall–Kier alpha value is -2.07. The Morgan fingerprint density at radius 3 is 2.85 bits per heavy atom. The fourth-order valence-corrected chi connectivity index (χ4v) is 5.72. The summed E-state index contributed by atoms with van der Waals surface area (Å²) in [5.74, 6) is 0.625. The third-order valence-electron chi connectivity index (χ3n) is 4.49. The molecule has 4 rings (SSSR count). The number of amides is 2. The summed E-state index contributed by atoms with van der Waals surface area (Å²) in [5.41, 5.74) is 0. The standard InChI is InChI=1S/C16H18N6O2S2/c1-16(2)12(13-18-20-21-19-13)22-14(24)11(15(22)26-16)17-10(23)8-25-9-6-4-3-5-7-9/h3-7,11-12,15H,8H2,1-2H3,(H,17,23)(H,18,19,20,21). The van der Waals surface area contributed by atoms with Gasteiger partial charge in [-0.1, -0.05) is 18.2 Å². The summed E-state index contributed by atoms with van der Waals surface area (Å²) in [5, 5.41) is 16.8. The van der Waals surface area contributed by atoms with E-state index in [1.165, 1.54) is 11.8 Å². The number of rotatable bonds is 5. The van der Waals surface area contributed by atoms with Gasteiger partial charge in [0.25, 0.3) is 0 Å². The molecule has 3 heterocycles. The van der Waals surface area contributed by atoms with Gasteiger partial charge in [0.2, 0.25) is 11.8 Å². The number of aromatic nitrogens is 4. The minimum atomic E-state index is -0.496. The van der Waals surface area contributed by atoms with Crippen LogP contribution in [0.15, 0.2) is 35.2 Å². The van der Waals surface area contributed by atoms with Crippen molar-refractivity contribution in [2.45, 2.75) is 40.9 Å². The number of hydrogen-bond donors (Lipinski definition) is 2. The quantitative estimate of drug-likeness (QED) is 0.584. The Morgan fingerprint density at radius 1 is 1.38 bits per heavy atom. The second kappa shape index (κ2) is 6.58. The van der Waals surface area contributed by atoms with Gasteiger partial charge in [-0.05, 0) is 36.4 Å². The van der Waals surface area contributed by atoms with Crippen LogP contribution < -0.4 is 5.32 Å². The van der Waals surface area contributed by atoms with Crippen molar-refractivity contribution in [1.82, 2.24) is 30.8 Å². The van der Waals surface area contributed by atoms with Gasteiger partial charge in [0, 0.05) is 9.64 Å². The molecule has 136 valence electrons. The Labute approximate surface area is 158 Å². The van der Waals surface area contributed by atoms with Crippen LogP contribution in [0.5, 0.6) is 0 Å². The number of fused-ring (bicyclic) bond motifs is 1. The van der Waals surface area contributed by atoms with Crippen LogP contribution in [0, 0.1) is 0 Å². The van der Waals surface area contributed by atoms with E-state index >= 15 is 0 Å². The number of H-pyrrole nitrogens is 1. The van der Waals surface area contributed by atoms with Crippen LogP contribution in [0.1, 0.15) is 25.7 Å². The molecule has 1 aromatic heterocycles. The van der Waals surface area contributed by atoms with E-state index in [2.05, 4.69) is 39.8 Å². The highest BCUT2D eigenvalue weighted by molar-refractivity contribution is 8.01. The van der Waals surface area contributed by atoms with E-state index in [9.17, 15) is 9.59 Å². The number of nitrogens with zero attached hydrogens (tertiary/aromatic N) is 4. The molecule has 2 aromatic rings. The number of tetrazole rings is 1. The predicted molar refractivity (Wildman–Crippen MR) is 98.3 cm³/mol. The zero-order valence-electron chi connectivity index (χ0n) is 14.2. The summed E-state index contributed by atoms with van der Waals surface area (Å²) in [4.78, 5) is 27.7. The highest BCUT2D eigenvalue weighted by atomic mass is 32.2. The lowest BCUT2D eigenvalue weighted by molar-refractivity contribution is -0.151. The molecule has 2 aliphatic rings. The Balaban J connectivity index is 1.40. The zero-order valence-corrected chi connectivity index (χ0v) is 15.9. The fourth-order valence-electron chi connectivity index (χ4n) is 3.35. The number of hydrogen-bond acceptors (Lipinski definition) is 7. The van der Waals surface area contributed by atoms with Gasteiger partial charge >= 0.3 is 0 Å².